The molecule has 14 heavy (non-hydrogen) atoms. The van der Waals surface area contributed by atoms with Gasteiger partial charge >= 0.3 is 0 Å². The molecule has 0 spiro atoms. The van der Waals surface area contributed by atoms with E-state index in [1.165, 1.54) is 12.8 Å². The van der Waals surface area contributed by atoms with E-state index in [-0.39, 0.29) is 0 Å². The van der Waals surface area contributed by atoms with E-state index in [4.69, 9.17) is 11.6 Å². The highest BCUT2D eigenvalue weighted by molar-refractivity contribution is 7.99. The van der Waals surface area contributed by atoms with Gasteiger partial charge in [-0.2, -0.15) is 0 Å². The molecule has 0 N–H and O–H groups in total. The normalized spacial score (nSPS) is 16.6. The van der Waals surface area contributed by atoms with Gasteiger partial charge in [-0.3, -0.25) is 0 Å². The van der Waals surface area contributed by atoms with Crippen LogP contribution in [0.2, 0.25) is 0 Å². The van der Waals surface area contributed by atoms with Gasteiger partial charge in [0.05, 0.1) is 6.04 Å². The summed E-state index contributed by atoms with van der Waals surface area (Å²) in [5, 5.41) is 12.5. The number of allylic oxidation sites excluding steroid dienone is 1. The zero-order valence-corrected chi connectivity index (χ0v) is 9.21. The van der Waals surface area contributed by atoms with Crippen LogP contribution in [0.4, 0.5) is 0 Å². The van der Waals surface area contributed by atoms with Crippen molar-refractivity contribution >= 4 is 23.4 Å². The number of nitrogens with zero attached hydrogens (tertiary/aromatic N) is 4. The Morgan fingerprint density at radius 3 is 3.07 bits per heavy atom. The van der Waals surface area contributed by atoms with Crippen molar-refractivity contribution in [1.29, 1.82) is 0 Å². The molecule has 0 aliphatic heterocycles. The molecule has 1 fully saturated rings. The van der Waals surface area contributed by atoms with Gasteiger partial charge in [0.15, 0.2) is 0 Å². The smallest absolute Gasteiger partial charge is 0.209 e. The summed E-state index contributed by atoms with van der Waals surface area (Å²) in [5.74, 6) is 1.44. The fourth-order valence-corrected chi connectivity index (χ4v) is 2.00. The van der Waals surface area contributed by atoms with Crippen LogP contribution < -0.4 is 0 Å². The van der Waals surface area contributed by atoms with Gasteiger partial charge in [0.2, 0.25) is 5.16 Å². The van der Waals surface area contributed by atoms with Crippen molar-refractivity contribution in [1.82, 2.24) is 20.2 Å². The van der Waals surface area contributed by atoms with Gasteiger partial charge in [0.25, 0.3) is 0 Å². The third-order valence-electron chi connectivity index (χ3n) is 1.92. The second kappa shape index (κ2) is 4.79. The molecule has 1 aromatic heterocycles. The first-order valence-electron chi connectivity index (χ1n) is 4.53. The molecule has 6 heteroatoms. The molecular weight excluding hydrogens is 220 g/mol. The van der Waals surface area contributed by atoms with Gasteiger partial charge in [-0.15, -0.1) is 16.7 Å². The minimum atomic E-state index is 0.546. The lowest BCUT2D eigenvalue weighted by Gasteiger charge is -1.98. The Morgan fingerprint density at radius 2 is 2.36 bits per heavy atom. The third kappa shape index (κ3) is 2.48. The molecule has 1 heterocycles. The summed E-state index contributed by atoms with van der Waals surface area (Å²) in [5.41, 5.74) is 0. The highest BCUT2D eigenvalue weighted by Crippen LogP contribution is 2.36. The predicted octanol–water partition coefficient (Wildman–Crippen LogP) is 1.90. The van der Waals surface area contributed by atoms with E-state index < -0.39 is 0 Å². The lowest BCUT2D eigenvalue weighted by atomic mass is 10.6. The molecule has 0 saturated heterocycles. The van der Waals surface area contributed by atoms with Gasteiger partial charge in [-0.1, -0.05) is 23.9 Å². The summed E-state index contributed by atoms with van der Waals surface area (Å²) < 4.78 is 1.92. The van der Waals surface area contributed by atoms with Crippen LogP contribution in [0.1, 0.15) is 18.9 Å². The van der Waals surface area contributed by atoms with E-state index >= 15 is 0 Å². The van der Waals surface area contributed by atoms with Crippen LogP contribution in [-0.4, -0.2) is 31.8 Å². The van der Waals surface area contributed by atoms with Crippen LogP contribution in [0.5, 0.6) is 0 Å². The Balaban J connectivity index is 1.88. The first-order valence-corrected chi connectivity index (χ1v) is 6.05. The minimum Gasteiger partial charge on any atom is -0.217 e. The van der Waals surface area contributed by atoms with E-state index in [0.717, 1.165) is 10.9 Å². The van der Waals surface area contributed by atoms with Crippen molar-refractivity contribution in [2.24, 2.45) is 0 Å². The van der Waals surface area contributed by atoms with Gasteiger partial charge in [-0.25, -0.2) is 4.68 Å². The molecule has 0 amide bonds. The Labute approximate surface area is 91.7 Å². The van der Waals surface area contributed by atoms with Crippen molar-refractivity contribution < 1.29 is 0 Å². The van der Waals surface area contributed by atoms with Crippen molar-refractivity contribution in [2.75, 3.05) is 11.6 Å². The maximum atomic E-state index is 5.51. The predicted molar refractivity (Wildman–Crippen MR) is 56.7 cm³/mol. The lowest BCUT2D eigenvalue weighted by Crippen LogP contribution is -1.98. The second-order valence-electron chi connectivity index (χ2n) is 3.07. The molecule has 76 valence electrons. The standard InChI is InChI=1S/C8H11ClN4S/c9-5-1-2-6-14-8-10-11-12-13(8)7-3-4-7/h1-2,7H,3-6H2. The van der Waals surface area contributed by atoms with E-state index in [2.05, 4.69) is 15.5 Å². The molecule has 4 nitrogen and oxygen atoms in total. The summed E-state index contributed by atoms with van der Waals surface area (Å²) in [6, 6.07) is 0.546. The SMILES string of the molecule is ClCC=CCSc1nnnn1C1CC1. The highest BCUT2D eigenvalue weighted by Gasteiger charge is 2.27. The number of alkyl halides is 1. The molecule has 0 radical (unpaired) electrons. The number of hydrogen-bond acceptors (Lipinski definition) is 4. The van der Waals surface area contributed by atoms with Crippen molar-refractivity contribution in [2.45, 2.75) is 24.0 Å². The molecule has 2 rings (SSSR count). The van der Waals surface area contributed by atoms with E-state index in [1.54, 1.807) is 11.8 Å². The van der Waals surface area contributed by atoms with Gasteiger partial charge in [-0.05, 0) is 23.3 Å². The first-order chi connectivity index (χ1) is 6.92. The quantitative estimate of drug-likeness (QED) is 0.440. The highest BCUT2D eigenvalue weighted by atomic mass is 35.5. The van der Waals surface area contributed by atoms with Gasteiger partial charge < -0.3 is 0 Å². The summed E-state index contributed by atoms with van der Waals surface area (Å²) >= 11 is 7.16. The number of hydrogen-bond donors (Lipinski definition) is 0. The summed E-state index contributed by atoms with van der Waals surface area (Å²) in [7, 11) is 0. The zero-order valence-electron chi connectivity index (χ0n) is 7.64. The van der Waals surface area contributed by atoms with Crippen LogP contribution >= 0.6 is 23.4 Å². The number of halogens is 1. The number of thioether (sulfide) groups is 1. The Hall–Kier alpha value is -0.550. The first kappa shape index (κ1) is 9.98. The zero-order chi connectivity index (χ0) is 9.80. The van der Waals surface area contributed by atoms with Crippen LogP contribution in [0, 0.1) is 0 Å². The van der Waals surface area contributed by atoms with Gasteiger partial charge in [0, 0.05) is 11.6 Å². The van der Waals surface area contributed by atoms with Crippen molar-refractivity contribution in [3.63, 3.8) is 0 Å². The summed E-state index contributed by atoms with van der Waals surface area (Å²) in [6.45, 7) is 0. The van der Waals surface area contributed by atoms with E-state index in [9.17, 15) is 0 Å². The van der Waals surface area contributed by atoms with E-state index in [1.807, 2.05) is 16.8 Å². The number of tetrazole rings is 1. The van der Waals surface area contributed by atoms with Crippen molar-refractivity contribution in [3.8, 4) is 0 Å². The molecule has 1 aliphatic carbocycles. The lowest BCUT2D eigenvalue weighted by molar-refractivity contribution is 0.565. The monoisotopic (exact) mass is 230 g/mol. The third-order valence-corrected chi connectivity index (χ3v) is 2.98. The average Bonchev–Trinajstić information content (AvgIpc) is 2.94. The fraction of sp³-hybridized carbons (Fsp3) is 0.625. The average molecular weight is 231 g/mol. The molecule has 0 aromatic carbocycles. The largest absolute Gasteiger partial charge is 0.217 e. The molecule has 0 unspecified atom stereocenters. The topological polar surface area (TPSA) is 43.6 Å². The van der Waals surface area contributed by atoms with Crippen LogP contribution in [0.25, 0.3) is 0 Å². The Morgan fingerprint density at radius 1 is 1.50 bits per heavy atom. The molecule has 1 aliphatic rings. The van der Waals surface area contributed by atoms with Crippen molar-refractivity contribution in [3.05, 3.63) is 12.2 Å². The maximum absolute atomic E-state index is 5.51. The van der Waals surface area contributed by atoms with Gasteiger partial charge in [0.1, 0.15) is 0 Å². The molecule has 0 atom stereocenters. The molecular formula is C8H11ClN4S. The number of aromatic nitrogens is 4. The van der Waals surface area contributed by atoms with E-state index in [0.29, 0.717) is 11.9 Å². The molecule has 1 aromatic rings. The molecule has 0 bridgehead atoms. The molecule has 1 saturated carbocycles. The minimum absolute atomic E-state index is 0.546. The Kier molecular flexibility index (Phi) is 3.42. The van der Waals surface area contributed by atoms with Crippen LogP contribution in [0.15, 0.2) is 17.3 Å². The Bertz CT molecular complexity index is 321. The summed E-state index contributed by atoms with van der Waals surface area (Å²) in [4.78, 5) is 0. The fourth-order valence-electron chi connectivity index (χ4n) is 1.08. The second-order valence-corrected chi connectivity index (χ2v) is 4.37. The number of rotatable bonds is 5. The maximum Gasteiger partial charge on any atom is 0.209 e. The van der Waals surface area contributed by atoms with Crippen LogP contribution in [-0.2, 0) is 0 Å². The summed E-state index contributed by atoms with van der Waals surface area (Å²) in [6.07, 6.45) is 6.37. The van der Waals surface area contributed by atoms with Crippen LogP contribution in [0.3, 0.4) is 0 Å².